The normalized spacial score (nSPS) is 22.9. The molecule has 1 aromatic carbocycles. The van der Waals surface area contributed by atoms with E-state index in [0.717, 1.165) is 32.1 Å². The zero-order valence-corrected chi connectivity index (χ0v) is 11.4. The number of hydrogen-bond donors (Lipinski definition) is 3. The van der Waals surface area contributed by atoms with Crippen LogP contribution in [0.4, 0.5) is 14.9 Å². The molecule has 0 heterocycles. The third-order valence-corrected chi connectivity index (χ3v) is 3.81. The van der Waals surface area contributed by atoms with Crippen LogP contribution in [-0.2, 0) is 0 Å². The maximum absolute atomic E-state index is 12.8. The van der Waals surface area contributed by atoms with E-state index in [1.165, 1.54) is 24.3 Å². The molecule has 0 radical (unpaired) electrons. The summed E-state index contributed by atoms with van der Waals surface area (Å²) < 4.78 is 12.8. The Morgan fingerprint density at radius 1 is 1.20 bits per heavy atom. The Morgan fingerprint density at radius 3 is 2.60 bits per heavy atom. The minimum Gasteiger partial charge on any atom is -0.396 e. The van der Waals surface area contributed by atoms with Crippen molar-refractivity contribution in [3.63, 3.8) is 0 Å². The first-order valence-corrected chi connectivity index (χ1v) is 7.13. The van der Waals surface area contributed by atoms with Crippen LogP contribution in [0.1, 0.15) is 32.1 Å². The van der Waals surface area contributed by atoms with Gasteiger partial charge in [0.1, 0.15) is 5.82 Å². The Balaban J connectivity index is 1.90. The smallest absolute Gasteiger partial charge is 0.319 e. The fraction of sp³-hybridized carbons (Fsp3) is 0.533. The van der Waals surface area contributed by atoms with Gasteiger partial charge in [-0.25, -0.2) is 9.18 Å². The van der Waals surface area contributed by atoms with Crippen LogP contribution in [0.15, 0.2) is 24.3 Å². The molecule has 0 spiro atoms. The zero-order valence-electron chi connectivity index (χ0n) is 11.4. The standard InChI is InChI=1S/C15H21FN2O2/c16-12-6-8-13(9-7-12)17-15(20)18-14-5-3-1-2-4-11(14)10-19/h6-9,11,14,19H,1-5,10H2,(H2,17,18,20). The number of aliphatic hydroxyl groups excluding tert-OH is 1. The number of carbonyl (C=O) groups excluding carboxylic acids is 1. The van der Waals surface area contributed by atoms with E-state index < -0.39 is 0 Å². The average molecular weight is 280 g/mol. The number of nitrogens with one attached hydrogen (secondary N) is 2. The molecule has 1 saturated carbocycles. The number of benzene rings is 1. The molecule has 1 aromatic rings. The van der Waals surface area contributed by atoms with Gasteiger partial charge in [-0.15, -0.1) is 0 Å². The molecule has 1 fully saturated rings. The quantitative estimate of drug-likeness (QED) is 0.746. The predicted molar refractivity (Wildman–Crippen MR) is 76.0 cm³/mol. The zero-order chi connectivity index (χ0) is 14.4. The van der Waals surface area contributed by atoms with Crippen molar-refractivity contribution < 1.29 is 14.3 Å². The summed E-state index contributed by atoms with van der Waals surface area (Å²) >= 11 is 0. The average Bonchev–Trinajstić information content (AvgIpc) is 2.66. The Bertz CT molecular complexity index is 436. The van der Waals surface area contributed by atoms with Crippen LogP contribution in [0.5, 0.6) is 0 Å². The second-order valence-electron chi connectivity index (χ2n) is 5.29. The van der Waals surface area contributed by atoms with Crippen LogP contribution in [0.3, 0.4) is 0 Å². The van der Waals surface area contributed by atoms with Gasteiger partial charge in [-0.3, -0.25) is 0 Å². The Kier molecular flexibility index (Phi) is 5.35. The maximum atomic E-state index is 12.8. The minimum absolute atomic E-state index is 0.00273. The Hall–Kier alpha value is -1.62. The van der Waals surface area contributed by atoms with Crippen molar-refractivity contribution in [3.8, 4) is 0 Å². The molecule has 110 valence electrons. The van der Waals surface area contributed by atoms with E-state index in [0.29, 0.717) is 5.69 Å². The van der Waals surface area contributed by atoms with Crippen LogP contribution in [0, 0.1) is 11.7 Å². The number of carbonyl (C=O) groups is 1. The lowest BCUT2D eigenvalue weighted by Gasteiger charge is -2.24. The van der Waals surface area contributed by atoms with Gasteiger partial charge in [0.25, 0.3) is 0 Å². The summed E-state index contributed by atoms with van der Waals surface area (Å²) in [6.07, 6.45) is 5.15. The first-order chi connectivity index (χ1) is 9.69. The molecule has 2 rings (SSSR count). The fourth-order valence-electron chi connectivity index (χ4n) is 2.66. The van der Waals surface area contributed by atoms with Gasteiger partial charge in [0.15, 0.2) is 0 Å². The van der Waals surface area contributed by atoms with Crippen LogP contribution in [0.25, 0.3) is 0 Å². The summed E-state index contributed by atoms with van der Waals surface area (Å²) in [5, 5.41) is 15.0. The predicted octanol–water partition coefficient (Wildman–Crippen LogP) is 2.89. The highest BCUT2D eigenvalue weighted by Crippen LogP contribution is 2.23. The van der Waals surface area contributed by atoms with E-state index in [4.69, 9.17) is 0 Å². The van der Waals surface area contributed by atoms with Crippen LogP contribution < -0.4 is 10.6 Å². The molecular weight excluding hydrogens is 259 g/mol. The largest absolute Gasteiger partial charge is 0.396 e. The van der Waals surface area contributed by atoms with Gasteiger partial charge in [0.2, 0.25) is 0 Å². The van der Waals surface area contributed by atoms with Gasteiger partial charge >= 0.3 is 6.03 Å². The number of hydrogen-bond acceptors (Lipinski definition) is 2. The van der Waals surface area contributed by atoms with Crippen molar-refractivity contribution in [2.45, 2.75) is 38.1 Å². The number of amides is 2. The lowest BCUT2D eigenvalue weighted by atomic mass is 9.96. The van der Waals surface area contributed by atoms with E-state index >= 15 is 0 Å². The highest BCUT2D eigenvalue weighted by atomic mass is 19.1. The highest BCUT2D eigenvalue weighted by molar-refractivity contribution is 5.89. The first kappa shape index (κ1) is 14.8. The van der Waals surface area contributed by atoms with Crippen molar-refractivity contribution in [2.24, 2.45) is 5.92 Å². The molecule has 3 N–H and O–H groups in total. The van der Waals surface area contributed by atoms with Crippen LogP contribution >= 0.6 is 0 Å². The molecule has 2 amide bonds. The lowest BCUT2D eigenvalue weighted by Crippen LogP contribution is -2.43. The second-order valence-corrected chi connectivity index (χ2v) is 5.29. The minimum atomic E-state index is -0.333. The third-order valence-electron chi connectivity index (χ3n) is 3.81. The van der Waals surface area contributed by atoms with Crippen molar-refractivity contribution in [3.05, 3.63) is 30.1 Å². The Labute approximate surface area is 118 Å². The van der Waals surface area contributed by atoms with Gasteiger partial charge in [-0.1, -0.05) is 19.3 Å². The maximum Gasteiger partial charge on any atom is 0.319 e. The molecule has 0 saturated heterocycles. The second kappa shape index (κ2) is 7.24. The molecule has 2 unspecified atom stereocenters. The molecule has 1 aliphatic rings. The summed E-state index contributed by atoms with van der Waals surface area (Å²) in [6.45, 7) is 0.0987. The summed E-state index contributed by atoms with van der Waals surface area (Å²) in [4.78, 5) is 11.9. The Morgan fingerprint density at radius 2 is 1.90 bits per heavy atom. The highest BCUT2D eigenvalue weighted by Gasteiger charge is 2.24. The lowest BCUT2D eigenvalue weighted by molar-refractivity contribution is 0.182. The van der Waals surface area contributed by atoms with Gasteiger partial charge in [-0.05, 0) is 37.1 Å². The summed E-state index contributed by atoms with van der Waals surface area (Å²) in [7, 11) is 0. The van der Waals surface area contributed by atoms with Gasteiger partial charge in [-0.2, -0.15) is 0 Å². The van der Waals surface area contributed by atoms with E-state index in [-0.39, 0.29) is 30.4 Å². The van der Waals surface area contributed by atoms with E-state index in [9.17, 15) is 14.3 Å². The molecule has 4 nitrogen and oxygen atoms in total. The molecule has 0 bridgehead atoms. The number of rotatable bonds is 3. The molecule has 5 heteroatoms. The molecular formula is C15H21FN2O2. The van der Waals surface area contributed by atoms with Crippen LogP contribution in [0.2, 0.25) is 0 Å². The van der Waals surface area contributed by atoms with Crippen molar-refractivity contribution in [1.29, 1.82) is 0 Å². The van der Waals surface area contributed by atoms with Gasteiger partial charge in [0, 0.05) is 24.3 Å². The number of urea groups is 1. The van der Waals surface area contributed by atoms with E-state index in [1.54, 1.807) is 0 Å². The molecule has 0 aliphatic heterocycles. The van der Waals surface area contributed by atoms with Crippen molar-refractivity contribution in [2.75, 3.05) is 11.9 Å². The molecule has 0 aromatic heterocycles. The SMILES string of the molecule is O=C(Nc1ccc(F)cc1)NC1CCCCCC1CO. The van der Waals surface area contributed by atoms with E-state index in [2.05, 4.69) is 10.6 Å². The van der Waals surface area contributed by atoms with E-state index in [1.807, 2.05) is 0 Å². The number of halogens is 1. The summed E-state index contributed by atoms with van der Waals surface area (Å²) in [5.74, 6) is -0.212. The summed E-state index contributed by atoms with van der Waals surface area (Å²) in [6, 6.07) is 5.34. The summed E-state index contributed by atoms with van der Waals surface area (Å²) in [5.41, 5.74) is 0.554. The topological polar surface area (TPSA) is 61.4 Å². The third kappa shape index (κ3) is 4.20. The molecule has 20 heavy (non-hydrogen) atoms. The first-order valence-electron chi connectivity index (χ1n) is 7.13. The number of anilines is 1. The van der Waals surface area contributed by atoms with Crippen molar-refractivity contribution >= 4 is 11.7 Å². The monoisotopic (exact) mass is 280 g/mol. The fourth-order valence-corrected chi connectivity index (χ4v) is 2.66. The number of aliphatic hydroxyl groups is 1. The van der Waals surface area contributed by atoms with Crippen molar-refractivity contribution in [1.82, 2.24) is 5.32 Å². The van der Waals surface area contributed by atoms with Gasteiger partial charge in [0.05, 0.1) is 0 Å². The molecule has 2 atom stereocenters. The van der Waals surface area contributed by atoms with Gasteiger partial charge < -0.3 is 15.7 Å². The molecule has 1 aliphatic carbocycles. The van der Waals surface area contributed by atoms with Crippen LogP contribution in [-0.4, -0.2) is 23.8 Å².